The Bertz CT molecular complexity index is 652. The van der Waals surface area contributed by atoms with Gasteiger partial charge in [0.2, 0.25) is 0 Å². The molecule has 0 radical (unpaired) electrons. The van der Waals surface area contributed by atoms with Crippen molar-refractivity contribution in [2.24, 2.45) is 10.4 Å². The minimum atomic E-state index is 0. The third-order valence-electron chi connectivity index (χ3n) is 5.39. The topological polar surface area (TPSA) is 64.1 Å². The molecule has 0 saturated heterocycles. The summed E-state index contributed by atoms with van der Waals surface area (Å²) in [7, 11) is 5.18. The van der Waals surface area contributed by atoms with Crippen molar-refractivity contribution >= 4 is 41.5 Å². The molecule has 1 aliphatic carbocycles. The van der Waals surface area contributed by atoms with Gasteiger partial charge in [0.05, 0.1) is 18.7 Å². The number of hydrogen-bond donors (Lipinski definition) is 2. The van der Waals surface area contributed by atoms with E-state index in [1.807, 2.05) is 19.1 Å². The molecule has 0 bridgehead atoms. The second kappa shape index (κ2) is 13.4. The normalized spacial score (nSPS) is 15.6. The van der Waals surface area contributed by atoms with Gasteiger partial charge in [-0.1, -0.05) is 24.4 Å². The lowest BCUT2D eigenvalue weighted by molar-refractivity contribution is 0.138. The van der Waals surface area contributed by atoms with Gasteiger partial charge in [0.25, 0.3) is 0 Å². The maximum atomic E-state index is 6.36. The van der Waals surface area contributed by atoms with Crippen LogP contribution in [0.5, 0.6) is 11.5 Å². The molecule has 1 saturated carbocycles. The minimum absolute atomic E-state index is 0. The van der Waals surface area contributed by atoms with Crippen molar-refractivity contribution in [3.8, 4) is 11.5 Å². The van der Waals surface area contributed by atoms with E-state index in [1.165, 1.54) is 25.7 Å². The number of benzene rings is 1. The highest BCUT2D eigenvalue weighted by Gasteiger charge is 2.33. The van der Waals surface area contributed by atoms with Crippen LogP contribution in [0.4, 0.5) is 0 Å². The number of nitrogens with one attached hydrogen (secondary N) is 2. The fraction of sp³-hybridized carbons (Fsp3) is 0.667. The van der Waals surface area contributed by atoms with Crippen LogP contribution < -0.4 is 20.1 Å². The molecule has 0 aromatic heterocycles. The first kappa shape index (κ1) is 26.1. The first-order valence-electron chi connectivity index (χ1n) is 10.00. The quantitative estimate of drug-likeness (QED) is 0.258. The van der Waals surface area contributed by atoms with Crippen LogP contribution in [0.1, 0.15) is 44.6 Å². The van der Waals surface area contributed by atoms with Gasteiger partial charge in [-0.3, -0.25) is 4.99 Å². The number of methoxy groups -OCH3 is 2. The molecule has 8 heteroatoms. The summed E-state index contributed by atoms with van der Waals surface area (Å²) in [5.41, 5.74) is 1.31. The van der Waals surface area contributed by atoms with Gasteiger partial charge >= 0.3 is 0 Å². The lowest BCUT2D eigenvalue weighted by Crippen LogP contribution is -2.43. The lowest BCUT2D eigenvalue weighted by Gasteiger charge is -2.30. The SMILES string of the molecule is CCOc1c(Cl)cc(CNC(=NC)NCC2(CCOC)CCCC2)cc1OC.I. The fourth-order valence-electron chi connectivity index (χ4n) is 3.80. The van der Waals surface area contributed by atoms with E-state index in [0.29, 0.717) is 35.1 Å². The van der Waals surface area contributed by atoms with Crippen LogP contribution in [-0.4, -0.2) is 47.0 Å². The van der Waals surface area contributed by atoms with Gasteiger partial charge in [0.15, 0.2) is 17.5 Å². The summed E-state index contributed by atoms with van der Waals surface area (Å²) in [6.45, 7) is 4.76. The molecule has 0 amide bonds. The highest BCUT2D eigenvalue weighted by atomic mass is 127. The molecule has 0 unspecified atom stereocenters. The summed E-state index contributed by atoms with van der Waals surface area (Å²) in [5.74, 6) is 2.01. The third kappa shape index (κ3) is 7.68. The predicted molar refractivity (Wildman–Crippen MR) is 130 cm³/mol. The van der Waals surface area contributed by atoms with Crippen molar-refractivity contribution in [1.82, 2.24) is 10.6 Å². The van der Waals surface area contributed by atoms with Crippen molar-refractivity contribution in [3.05, 3.63) is 22.7 Å². The molecule has 0 atom stereocenters. The molecular weight excluding hydrogens is 505 g/mol. The van der Waals surface area contributed by atoms with Crippen molar-refractivity contribution in [1.29, 1.82) is 0 Å². The Morgan fingerprint density at radius 2 is 1.93 bits per heavy atom. The molecule has 2 rings (SSSR count). The van der Waals surface area contributed by atoms with Gasteiger partial charge in [-0.15, -0.1) is 24.0 Å². The average Bonchev–Trinajstić information content (AvgIpc) is 3.17. The van der Waals surface area contributed by atoms with Crippen molar-refractivity contribution < 1.29 is 14.2 Å². The van der Waals surface area contributed by atoms with E-state index in [9.17, 15) is 0 Å². The Morgan fingerprint density at radius 1 is 1.21 bits per heavy atom. The number of ether oxygens (including phenoxy) is 3. The Hall–Kier alpha value is -0.930. The molecule has 0 heterocycles. The maximum Gasteiger partial charge on any atom is 0.191 e. The van der Waals surface area contributed by atoms with Crippen LogP contribution in [0.25, 0.3) is 0 Å². The monoisotopic (exact) mass is 539 g/mol. The zero-order valence-electron chi connectivity index (χ0n) is 18.0. The number of guanidine groups is 1. The summed E-state index contributed by atoms with van der Waals surface area (Å²) in [6.07, 6.45) is 6.15. The molecule has 1 aromatic rings. The first-order chi connectivity index (χ1) is 13.6. The van der Waals surface area contributed by atoms with Crippen molar-refractivity contribution in [2.75, 3.05) is 41.0 Å². The van der Waals surface area contributed by atoms with Gasteiger partial charge in [-0.05, 0) is 49.3 Å². The molecular formula is C21H35ClIN3O3. The summed E-state index contributed by atoms with van der Waals surface area (Å²) >= 11 is 6.36. The Morgan fingerprint density at radius 3 is 2.52 bits per heavy atom. The zero-order chi connectivity index (χ0) is 20.4. The van der Waals surface area contributed by atoms with Crippen LogP contribution in [0.15, 0.2) is 17.1 Å². The van der Waals surface area contributed by atoms with Crippen LogP contribution >= 0.6 is 35.6 Å². The van der Waals surface area contributed by atoms with E-state index in [-0.39, 0.29) is 24.0 Å². The molecule has 0 spiro atoms. The Kier molecular flexibility index (Phi) is 12.1. The highest BCUT2D eigenvalue weighted by Crippen LogP contribution is 2.40. The number of nitrogens with zero attached hydrogens (tertiary/aromatic N) is 1. The minimum Gasteiger partial charge on any atom is -0.493 e. The summed E-state index contributed by atoms with van der Waals surface area (Å²) < 4.78 is 16.3. The summed E-state index contributed by atoms with van der Waals surface area (Å²) in [4.78, 5) is 4.36. The van der Waals surface area contributed by atoms with E-state index >= 15 is 0 Å². The second-order valence-electron chi connectivity index (χ2n) is 7.27. The van der Waals surface area contributed by atoms with Crippen molar-refractivity contribution in [3.63, 3.8) is 0 Å². The van der Waals surface area contributed by atoms with E-state index in [4.69, 9.17) is 25.8 Å². The molecule has 166 valence electrons. The second-order valence-corrected chi connectivity index (χ2v) is 7.68. The van der Waals surface area contributed by atoms with Gasteiger partial charge in [-0.25, -0.2) is 0 Å². The number of aliphatic imine (C=N–C) groups is 1. The summed E-state index contributed by atoms with van der Waals surface area (Å²) in [5, 5.41) is 7.41. The van der Waals surface area contributed by atoms with E-state index in [2.05, 4.69) is 15.6 Å². The van der Waals surface area contributed by atoms with Crippen LogP contribution in [-0.2, 0) is 11.3 Å². The van der Waals surface area contributed by atoms with Crippen molar-refractivity contribution in [2.45, 2.75) is 45.6 Å². The van der Waals surface area contributed by atoms with Crippen LogP contribution in [0.3, 0.4) is 0 Å². The smallest absolute Gasteiger partial charge is 0.191 e. The highest BCUT2D eigenvalue weighted by molar-refractivity contribution is 14.0. The number of rotatable bonds is 10. The van der Waals surface area contributed by atoms with Gasteiger partial charge in [-0.2, -0.15) is 0 Å². The molecule has 1 fully saturated rings. The standard InChI is InChI=1S/C21H34ClN3O3.HI/c1-5-28-19-17(22)12-16(13-18(19)27-4)14-24-20(23-2)25-15-21(10-11-26-3)8-6-7-9-21;/h12-13H,5-11,14-15H2,1-4H3,(H2,23,24,25);1H. The molecule has 29 heavy (non-hydrogen) atoms. The van der Waals surface area contributed by atoms with Gasteiger partial charge in [0, 0.05) is 33.9 Å². The third-order valence-corrected chi connectivity index (χ3v) is 5.67. The van der Waals surface area contributed by atoms with Gasteiger partial charge in [0.1, 0.15) is 0 Å². The molecule has 6 nitrogen and oxygen atoms in total. The van der Waals surface area contributed by atoms with Crippen LogP contribution in [0, 0.1) is 5.41 Å². The van der Waals surface area contributed by atoms with E-state index in [1.54, 1.807) is 21.3 Å². The van der Waals surface area contributed by atoms with E-state index in [0.717, 1.165) is 31.1 Å². The lowest BCUT2D eigenvalue weighted by atomic mass is 9.83. The molecule has 2 N–H and O–H groups in total. The van der Waals surface area contributed by atoms with Crippen LogP contribution in [0.2, 0.25) is 5.02 Å². The molecule has 1 aromatic carbocycles. The van der Waals surface area contributed by atoms with Gasteiger partial charge < -0.3 is 24.8 Å². The number of halogens is 2. The fourth-order valence-corrected chi connectivity index (χ4v) is 4.08. The zero-order valence-corrected chi connectivity index (χ0v) is 21.1. The maximum absolute atomic E-state index is 6.36. The number of hydrogen-bond acceptors (Lipinski definition) is 4. The molecule has 0 aliphatic heterocycles. The molecule has 1 aliphatic rings. The predicted octanol–water partition coefficient (Wildman–Crippen LogP) is 4.63. The largest absolute Gasteiger partial charge is 0.493 e. The Balaban J connectivity index is 0.00000420. The average molecular weight is 540 g/mol. The Labute approximate surface area is 197 Å². The van der Waals surface area contributed by atoms with E-state index < -0.39 is 0 Å². The first-order valence-corrected chi connectivity index (χ1v) is 10.4. The summed E-state index contributed by atoms with van der Waals surface area (Å²) in [6, 6.07) is 3.83.